The first-order valence-electron chi connectivity index (χ1n) is 7.41. The number of anilines is 1. The number of sulfonamides is 2. The van der Waals surface area contributed by atoms with Crippen LogP contribution in [0.25, 0.3) is 0 Å². The highest BCUT2D eigenvalue weighted by Gasteiger charge is 2.25. The van der Waals surface area contributed by atoms with Crippen LogP contribution < -0.4 is 9.44 Å². The summed E-state index contributed by atoms with van der Waals surface area (Å²) < 4.78 is 53.5. The SMILES string of the molecule is CC(C)NS(=O)(=O)c1ccc(NS(=O)(=O)c2ccccc2[N+](=O)[O-])cc1. The third-order valence-corrected chi connectivity index (χ3v) is 6.26. The largest absolute Gasteiger partial charge is 0.289 e. The first-order valence-corrected chi connectivity index (χ1v) is 10.4. The maximum absolute atomic E-state index is 12.4. The van der Waals surface area contributed by atoms with Crippen molar-refractivity contribution in [2.45, 2.75) is 29.7 Å². The van der Waals surface area contributed by atoms with Crippen LogP contribution in [0.3, 0.4) is 0 Å². The molecule has 0 bridgehead atoms. The number of nitro benzene ring substituents is 1. The van der Waals surface area contributed by atoms with Crippen molar-refractivity contribution in [1.82, 2.24) is 4.72 Å². The first-order chi connectivity index (χ1) is 12.0. The number of nitrogens with one attached hydrogen (secondary N) is 2. The highest BCUT2D eigenvalue weighted by Crippen LogP contribution is 2.25. The van der Waals surface area contributed by atoms with E-state index in [0.717, 1.165) is 12.1 Å². The van der Waals surface area contributed by atoms with E-state index in [4.69, 9.17) is 0 Å². The fraction of sp³-hybridized carbons (Fsp3) is 0.200. The maximum atomic E-state index is 12.4. The van der Waals surface area contributed by atoms with Gasteiger partial charge in [-0.2, -0.15) is 0 Å². The van der Waals surface area contributed by atoms with E-state index in [1.165, 1.54) is 36.4 Å². The molecule has 0 atom stereocenters. The van der Waals surface area contributed by atoms with Gasteiger partial charge in [0, 0.05) is 17.8 Å². The summed E-state index contributed by atoms with van der Waals surface area (Å²) in [6.07, 6.45) is 0. The summed E-state index contributed by atoms with van der Waals surface area (Å²) in [6, 6.07) is 9.64. The Hall–Kier alpha value is -2.50. The van der Waals surface area contributed by atoms with Crippen LogP contribution >= 0.6 is 0 Å². The highest BCUT2D eigenvalue weighted by molar-refractivity contribution is 7.93. The predicted molar refractivity (Wildman–Crippen MR) is 95.8 cm³/mol. The van der Waals surface area contributed by atoms with E-state index in [2.05, 4.69) is 9.44 Å². The average Bonchev–Trinajstić information content (AvgIpc) is 2.53. The van der Waals surface area contributed by atoms with Gasteiger partial charge in [-0.1, -0.05) is 12.1 Å². The zero-order valence-electron chi connectivity index (χ0n) is 13.9. The van der Waals surface area contributed by atoms with Crippen molar-refractivity contribution in [3.63, 3.8) is 0 Å². The van der Waals surface area contributed by atoms with Crippen LogP contribution in [0.4, 0.5) is 11.4 Å². The van der Waals surface area contributed by atoms with Gasteiger partial charge in [0.2, 0.25) is 10.0 Å². The fourth-order valence-electron chi connectivity index (χ4n) is 2.13. The van der Waals surface area contributed by atoms with Crippen LogP contribution in [0.5, 0.6) is 0 Å². The molecular formula is C15H17N3O6S2. The molecule has 26 heavy (non-hydrogen) atoms. The van der Waals surface area contributed by atoms with Crippen LogP contribution in [-0.4, -0.2) is 27.8 Å². The standard InChI is InChI=1S/C15H17N3O6S2/c1-11(2)16-25(21,22)13-9-7-12(8-10-13)17-26(23,24)15-6-4-3-5-14(15)18(19)20/h3-11,16-17H,1-2H3. The molecule has 0 aliphatic carbocycles. The molecule has 0 aromatic heterocycles. The molecule has 0 spiro atoms. The van der Waals surface area contributed by atoms with Gasteiger partial charge < -0.3 is 0 Å². The predicted octanol–water partition coefficient (Wildman–Crippen LogP) is 2.08. The molecule has 2 N–H and O–H groups in total. The van der Waals surface area contributed by atoms with Gasteiger partial charge in [0.15, 0.2) is 4.90 Å². The van der Waals surface area contributed by atoms with Crippen LogP contribution in [0.2, 0.25) is 0 Å². The lowest BCUT2D eigenvalue weighted by atomic mass is 10.3. The fourth-order valence-corrected chi connectivity index (χ4v) is 4.61. The van der Waals surface area contributed by atoms with E-state index >= 15 is 0 Å². The zero-order valence-corrected chi connectivity index (χ0v) is 15.5. The van der Waals surface area contributed by atoms with Crippen molar-refractivity contribution in [2.24, 2.45) is 0 Å². The van der Waals surface area contributed by atoms with E-state index in [1.54, 1.807) is 13.8 Å². The Balaban J connectivity index is 2.31. The van der Waals surface area contributed by atoms with E-state index < -0.39 is 35.6 Å². The van der Waals surface area contributed by atoms with Crippen molar-refractivity contribution in [1.29, 1.82) is 0 Å². The number of hydrogen-bond acceptors (Lipinski definition) is 6. The molecule has 2 aromatic rings. The number of benzene rings is 2. The lowest BCUT2D eigenvalue weighted by Gasteiger charge is -2.11. The van der Waals surface area contributed by atoms with Crippen molar-refractivity contribution in [2.75, 3.05) is 4.72 Å². The Morgan fingerprint density at radius 3 is 2.04 bits per heavy atom. The van der Waals surface area contributed by atoms with Crippen molar-refractivity contribution < 1.29 is 21.8 Å². The van der Waals surface area contributed by atoms with Gasteiger partial charge in [0.25, 0.3) is 15.7 Å². The minimum absolute atomic E-state index is 0.0279. The zero-order chi connectivity index (χ0) is 19.5. The minimum atomic E-state index is -4.21. The quantitative estimate of drug-likeness (QED) is 0.540. The number of hydrogen-bond donors (Lipinski definition) is 2. The Kier molecular flexibility index (Phi) is 5.64. The maximum Gasteiger partial charge on any atom is 0.289 e. The molecule has 0 unspecified atom stereocenters. The number of nitrogens with zero attached hydrogens (tertiary/aromatic N) is 1. The monoisotopic (exact) mass is 399 g/mol. The lowest BCUT2D eigenvalue weighted by molar-refractivity contribution is -0.387. The molecule has 0 heterocycles. The Morgan fingerprint density at radius 1 is 0.923 bits per heavy atom. The van der Waals surface area contributed by atoms with Crippen molar-refractivity contribution in [3.05, 3.63) is 58.6 Å². The molecule has 0 aliphatic heterocycles. The highest BCUT2D eigenvalue weighted by atomic mass is 32.2. The van der Waals surface area contributed by atoms with Gasteiger partial charge in [-0.25, -0.2) is 21.6 Å². The van der Waals surface area contributed by atoms with Crippen LogP contribution in [0.15, 0.2) is 58.3 Å². The molecule has 2 rings (SSSR count). The van der Waals surface area contributed by atoms with Gasteiger partial charge in [0.05, 0.1) is 9.82 Å². The van der Waals surface area contributed by atoms with Gasteiger partial charge in [-0.15, -0.1) is 0 Å². The average molecular weight is 399 g/mol. The van der Waals surface area contributed by atoms with Crippen LogP contribution in [0.1, 0.15) is 13.8 Å². The molecule has 2 aromatic carbocycles. The van der Waals surface area contributed by atoms with Crippen molar-refractivity contribution in [3.8, 4) is 0 Å². The summed E-state index contributed by atoms with van der Waals surface area (Å²) in [5, 5.41) is 11.0. The lowest BCUT2D eigenvalue weighted by Crippen LogP contribution is -2.30. The summed E-state index contributed by atoms with van der Waals surface area (Å²) in [7, 11) is -7.92. The third kappa shape index (κ3) is 4.56. The van der Waals surface area contributed by atoms with Crippen LogP contribution in [-0.2, 0) is 20.0 Å². The normalized spacial score (nSPS) is 12.1. The smallest absolute Gasteiger partial charge is 0.279 e. The number of rotatable bonds is 7. The summed E-state index contributed by atoms with van der Waals surface area (Å²) >= 11 is 0. The summed E-state index contributed by atoms with van der Waals surface area (Å²) in [5.74, 6) is 0. The second kappa shape index (κ2) is 7.40. The second-order valence-electron chi connectivity index (χ2n) is 5.63. The molecule has 0 fully saturated rings. The molecule has 0 radical (unpaired) electrons. The van der Waals surface area contributed by atoms with E-state index in [-0.39, 0.29) is 16.6 Å². The van der Waals surface area contributed by atoms with Gasteiger partial charge in [-0.3, -0.25) is 14.8 Å². The molecule has 0 saturated heterocycles. The second-order valence-corrected chi connectivity index (χ2v) is 9.00. The molecule has 140 valence electrons. The third-order valence-electron chi connectivity index (χ3n) is 3.16. The summed E-state index contributed by atoms with van der Waals surface area (Å²) in [5.41, 5.74) is -0.480. The molecule has 0 amide bonds. The first kappa shape index (κ1) is 19.8. The minimum Gasteiger partial charge on any atom is -0.279 e. The number of nitro groups is 1. The molecule has 0 aliphatic rings. The van der Waals surface area contributed by atoms with E-state index in [0.29, 0.717) is 0 Å². The number of para-hydroxylation sites is 1. The van der Waals surface area contributed by atoms with E-state index in [1.807, 2.05) is 0 Å². The van der Waals surface area contributed by atoms with Gasteiger partial charge in [0.1, 0.15) is 0 Å². The summed E-state index contributed by atoms with van der Waals surface area (Å²) in [6.45, 7) is 3.35. The van der Waals surface area contributed by atoms with Gasteiger partial charge in [-0.05, 0) is 44.2 Å². The molecule has 0 saturated carbocycles. The molecule has 11 heteroatoms. The van der Waals surface area contributed by atoms with Crippen molar-refractivity contribution >= 4 is 31.4 Å². The van der Waals surface area contributed by atoms with Crippen LogP contribution in [0, 0.1) is 10.1 Å². The topological polar surface area (TPSA) is 135 Å². The Bertz CT molecular complexity index is 1020. The van der Waals surface area contributed by atoms with E-state index in [9.17, 15) is 26.9 Å². The molecule has 9 nitrogen and oxygen atoms in total. The summed E-state index contributed by atoms with van der Waals surface area (Å²) in [4.78, 5) is 9.70. The Labute approximate surface area is 151 Å². The van der Waals surface area contributed by atoms with Gasteiger partial charge >= 0.3 is 0 Å². The Morgan fingerprint density at radius 2 is 1.50 bits per heavy atom. The molecular weight excluding hydrogens is 382 g/mol.